The van der Waals surface area contributed by atoms with Gasteiger partial charge in [-0.25, -0.2) is 4.79 Å². The van der Waals surface area contributed by atoms with E-state index in [9.17, 15) is 14.7 Å². The van der Waals surface area contributed by atoms with Crippen molar-refractivity contribution in [2.75, 3.05) is 13.2 Å². The Morgan fingerprint density at radius 3 is 3.00 bits per heavy atom. The van der Waals surface area contributed by atoms with Crippen molar-refractivity contribution >= 4 is 11.9 Å². The standard InChI is InChI=1S/C8H13NO4/c1-2-13-7(11)8(12)4-3-5-9-6(8)10/h12H,2-5H2,1H3,(H,9,10)/t8-/m1/s1. The van der Waals surface area contributed by atoms with Gasteiger partial charge in [0.25, 0.3) is 5.91 Å². The van der Waals surface area contributed by atoms with Gasteiger partial charge in [0.2, 0.25) is 5.60 Å². The lowest BCUT2D eigenvalue weighted by Gasteiger charge is -2.28. The van der Waals surface area contributed by atoms with Crippen molar-refractivity contribution in [3.63, 3.8) is 0 Å². The zero-order valence-corrected chi connectivity index (χ0v) is 7.50. The summed E-state index contributed by atoms with van der Waals surface area (Å²) in [6.45, 7) is 2.29. The van der Waals surface area contributed by atoms with Crippen LogP contribution in [-0.4, -0.2) is 35.7 Å². The summed E-state index contributed by atoms with van der Waals surface area (Å²) in [5.74, 6) is -1.51. The van der Waals surface area contributed by atoms with Crippen LogP contribution in [0, 0.1) is 0 Å². The molecule has 0 saturated carbocycles. The molecule has 0 unspecified atom stereocenters. The first-order chi connectivity index (χ1) is 6.11. The molecule has 2 N–H and O–H groups in total. The van der Waals surface area contributed by atoms with Crippen LogP contribution in [0.25, 0.3) is 0 Å². The molecule has 1 atom stereocenters. The van der Waals surface area contributed by atoms with Crippen molar-refractivity contribution in [2.24, 2.45) is 0 Å². The fraction of sp³-hybridized carbons (Fsp3) is 0.750. The van der Waals surface area contributed by atoms with Crippen molar-refractivity contribution in [3.8, 4) is 0 Å². The minimum absolute atomic E-state index is 0.137. The van der Waals surface area contributed by atoms with E-state index in [1.807, 2.05) is 0 Å². The monoisotopic (exact) mass is 187 g/mol. The van der Waals surface area contributed by atoms with E-state index in [0.717, 1.165) is 0 Å². The zero-order valence-electron chi connectivity index (χ0n) is 7.50. The molecule has 0 aromatic carbocycles. The van der Waals surface area contributed by atoms with Crippen molar-refractivity contribution in [2.45, 2.75) is 25.4 Å². The first kappa shape index (κ1) is 9.98. The van der Waals surface area contributed by atoms with E-state index >= 15 is 0 Å². The van der Waals surface area contributed by atoms with Crippen LogP contribution in [0.4, 0.5) is 0 Å². The molecule has 0 aliphatic carbocycles. The van der Waals surface area contributed by atoms with Gasteiger partial charge in [-0.15, -0.1) is 0 Å². The van der Waals surface area contributed by atoms with E-state index in [2.05, 4.69) is 10.1 Å². The average Bonchev–Trinajstić information content (AvgIpc) is 2.11. The summed E-state index contributed by atoms with van der Waals surface area (Å²) in [5.41, 5.74) is -1.96. The van der Waals surface area contributed by atoms with Crippen molar-refractivity contribution < 1.29 is 19.4 Å². The number of hydrogen-bond acceptors (Lipinski definition) is 4. The summed E-state index contributed by atoms with van der Waals surface area (Å²) in [6, 6.07) is 0. The number of hydrogen-bond donors (Lipinski definition) is 2. The van der Waals surface area contributed by atoms with E-state index in [0.29, 0.717) is 13.0 Å². The molecular formula is C8H13NO4. The molecule has 0 aromatic heterocycles. The Balaban J connectivity index is 2.71. The lowest BCUT2D eigenvalue weighted by Crippen LogP contribution is -2.56. The molecule has 5 heteroatoms. The van der Waals surface area contributed by atoms with Crippen LogP contribution < -0.4 is 5.32 Å². The van der Waals surface area contributed by atoms with Crippen molar-refractivity contribution in [3.05, 3.63) is 0 Å². The maximum Gasteiger partial charge on any atom is 0.348 e. The SMILES string of the molecule is CCOC(=O)[C@@]1(O)CCCNC1=O. The highest BCUT2D eigenvalue weighted by molar-refractivity contribution is 6.06. The van der Waals surface area contributed by atoms with E-state index in [-0.39, 0.29) is 13.0 Å². The highest BCUT2D eigenvalue weighted by Gasteiger charge is 2.46. The third-order valence-corrected chi connectivity index (χ3v) is 1.99. The Morgan fingerprint density at radius 1 is 1.77 bits per heavy atom. The Labute approximate surface area is 76.1 Å². The minimum atomic E-state index is -1.96. The molecule has 0 radical (unpaired) electrons. The summed E-state index contributed by atoms with van der Waals surface area (Å²) in [7, 11) is 0. The van der Waals surface area contributed by atoms with Gasteiger partial charge in [-0.1, -0.05) is 0 Å². The molecule has 1 amide bonds. The lowest BCUT2D eigenvalue weighted by molar-refractivity contribution is -0.173. The van der Waals surface area contributed by atoms with Crippen molar-refractivity contribution in [1.82, 2.24) is 5.32 Å². The first-order valence-corrected chi connectivity index (χ1v) is 4.29. The molecule has 1 rings (SSSR count). The predicted octanol–water partition coefficient (Wildman–Crippen LogP) is -0.809. The molecule has 0 bridgehead atoms. The molecule has 5 nitrogen and oxygen atoms in total. The quantitative estimate of drug-likeness (QED) is 0.438. The van der Waals surface area contributed by atoms with Gasteiger partial charge in [0.05, 0.1) is 6.61 Å². The van der Waals surface area contributed by atoms with Crippen LogP contribution in [-0.2, 0) is 14.3 Å². The summed E-state index contributed by atoms with van der Waals surface area (Å²) in [6.07, 6.45) is 0.721. The second-order valence-electron chi connectivity index (χ2n) is 2.94. The van der Waals surface area contributed by atoms with E-state index in [1.54, 1.807) is 6.92 Å². The molecule has 0 spiro atoms. The molecule has 1 saturated heterocycles. The van der Waals surface area contributed by atoms with Crippen LogP contribution in [0.1, 0.15) is 19.8 Å². The van der Waals surface area contributed by atoms with Gasteiger partial charge >= 0.3 is 5.97 Å². The Morgan fingerprint density at radius 2 is 2.46 bits per heavy atom. The second kappa shape index (κ2) is 3.74. The number of ether oxygens (including phenoxy) is 1. The topological polar surface area (TPSA) is 75.6 Å². The number of rotatable bonds is 2. The summed E-state index contributed by atoms with van der Waals surface area (Å²) >= 11 is 0. The van der Waals surface area contributed by atoms with Gasteiger partial charge < -0.3 is 15.2 Å². The van der Waals surface area contributed by atoms with Crippen LogP contribution in [0.5, 0.6) is 0 Å². The fourth-order valence-corrected chi connectivity index (χ4v) is 1.25. The van der Waals surface area contributed by atoms with E-state index < -0.39 is 17.5 Å². The van der Waals surface area contributed by atoms with Crippen LogP contribution in [0.15, 0.2) is 0 Å². The number of nitrogens with one attached hydrogen (secondary N) is 1. The number of carbonyl (C=O) groups is 2. The largest absolute Gasteiger partial charge is 0.463 e. The van der Waals surface area contributed by atoms with Crippen LogP contribution >= 0.6 is 0 Å². The van der Waals surface area contributed by atoms with Gasteiger partial charge in [-0.3, -0.25) is 4.79 Å². The normalized spacial score (nSPS) is 28.0. The maximum absolute atomic E-state index is 11.2. The molecule has 1 fully saturated rings. The molecule has 1 aliphatic rings. The number of aliphatic hydroxyl groups is 1. The Bertz CT molecular complexity index is 228. The van der Waals surface area contributed by atoms with E-state index in [4.69, 9.17) is 0 Å². The Hall–Kier alpha value is -1.10. The highest BCUT2D eigenvalue weighted by Crippen LogP contribution is 2.18. The molecular weight excluding hydrogens is 174 g/mol. The van der Waals surface area contributed by atoms with Gasteiger partial charge in [-0.05, 0) is 19.8 Å². The average molecular weight is 187 g/mol. The number of carbonyl (C=O) groups excluding carboxylic acids is 2. The zero-order chi connectivity index (χ0) is 9.90. The van der Waals surface area contributed by atoms with Gasteiger partial charge in [0.1, 0.15) is 0 Å². The van der Waals surface area contributed by atoms with Crippen LogP contribution in [0.2, 0.25) is 0 Å². The molecule has 0 aromatic rings. The number of piperidine rings is 1. The predicted molar refractivity (Wildman–Crippen MR) is 43.8 cm³/mol. The molecule has 1 heterocycles. The first-order valence-electron chi connectivity index (χ1n) is 4.29. The van der Waals surface area contributed by atoms with Crippen LogP contribution in [0.3, 0.4) is 0 Å². The minimum Gasteiger partial charge on any atom is -0.463 e. The smallest absolute Gasteiger partial charge is 0.348 e. The summed E-state index contributed by atoms with van der Waals surface area (Å²) in [4.78, 5) is 22.4. The third kappa shape index (κ3) is 1.80. The fourth-order valence-electron chi connectivity index (χ4n) is 1.25. The summed E-state index contributed by atoms with van der Waals surface area (Å²) in [5, 5.41) is 12.1. The van der Waals surface area contributed by atoms with Crippen molar-refractivity contribution in [1.29, 1.82) is 0 Å². The molecule has 13 heavy (non-hydrogen) atoms. The molecule has 1 aliphatic heterocycles. The summed E-state index contributed by atoms with van der Waals surface area (Å²) < 4.78 is 4.61. The second-order valence-corrected chi connectivity index (χ2v) is 2.94. The third-order valence-electron chi connectivity index (χ3n) is 1.99. The lowest BCUT2D eigenvalue weighted by atomic mass is 9.93. The van der Waals surface area contributed by atoms with Gasteiger partial charge in [0.15, 0.2) is 0 Å². The number of esters is 1. The van der Waals surface area contributed by atoms with Gasteiger partial charge in [-0.2, -0.15) is 0 Å². The molecule has 74 valence electrons. The number of amides is 1. The Kier molecular flexibility index (Phi) is 2.87. The maximum atomic E-state index is 11.2. The highest BCUT2D eigenvalue weighted by atomic mass is 16.5. The van der Waals surface area contributed by atoms with Gasteiger partial charge in [0, 0.05) is 6.54 Å². The van der Waals surface area contributed by atoms with E-state index in [1.165, 1.54) is 0 Å².